The predicted molar refractivity (Wildman–Crippen MR) is 223 cm³/mol. The minimum atomic E-state index is -4.52. The van der Waals surface area contributed by atoms with Gasteiger partial charge in [0, 0.05) is 13.0 Å². The summed E-state index contributed by atoms with van der Waals surface area (Å²) in [6, 6.07) is 0. The zero-order chi connectivity index (χ0) is 39.6. The number of allylic oxidation sites excluding steroid dienone is 10. The lowest BCUT2D eigenvalue weighted by Gasteiger charge is -2.20. The third-order valence-corrected chi connectivity index (χ3v) is 9.64. The van der Waals surface area contributed by atoms with Crippen molar-refractivity contribution in [1.82, 2.24) is 0 Å². The van der Waals surface area contributed by atoms with Gasteiger partial charge in [-0.3, -0.25) is 13.8 Å². The van der Waals surface area contributed by atoms with Gasteiger partial charge < -0.3 is 24.6 Å². The summed E-state index contributed by atoms with van der Waals surface area (Å²) < 4.78 is 33.3. The number of aliphatic hydroxyl groups excluding tert-OH is 2. The Bertz CT molecular complexity index is 1020. The Labute approximate surface area is 330 Å². The highest BCUT2D eigenvalue weighted by molar-refractivity contribution is 7.47. The minimum absolute atomic E-state index is 0.0355. The molecule has 3 atom stereocenters. The van der Waals surface area contributed by atoms with Crippen LogP contribution in [0.2, 0.25) is 0 Å². The number of carbonyl (C=O) groups is 1. The number of unbranched alkanes of at least 4 members (excludes halogenated alkanes) is 16. The molecule has 0 bridgehead atoms. The summed E-state index contributed by atoms with van der Waals surface area (Å²) in [7, 11) is -4.52. The van der Waals surface area contributed by atoms with Crippen molar-refractivity contribution in [1.29, 1.82) is 0 Å². The highest BCUT2D eigenvalue weighted by Crippen LogP contribution is 2.43. The molecule has 0 aliphatic rings. The molecule has 0 aromatic rings. The van der Waals surface area contributed by atoms with Gasteiger partial charge in [0.25, 0.3) is 0 Å². The van der Waals surface area contributed by atoms with E-state index in [9.17, 15) is 19.4 Å². The highest BCUT2D eigenvalue weighted by Gasteiger charge is 2.26. The summed E-state index contributed by atoms with van der Waals surface area (Å²) in [6.45, 7) is 3.33. The van der Waals surface area contributed by atoms with Crippen LogP contribution in [0.3, 0.4) is 0 Å². The van der Waals surface area contributed by atoms with Gasteiger partial charge in [-0.15, -0.1) is 0 Å². The number of phosphoric acid groups is 1. The first-order valence-electron chi connectivity index (χ1n) is 21.3. The van der Waals surface area contributed by atoms with Crippen LogP contribution in [0.4, 0.5) is 0 Å². The first kappa shape index (κ1) is 52.2. The molecule has 9 nitrogen and oxygen atoms in total. The van der Waals surface area contributed by atoms with Gasteiger partial charge in [-0.25, -0.2) is 4.57 Å². The first-order chi connectivity index (χ1) is 26.3. The molecule has 0 heterocycles. The van der Waals surface area contributed by atoms with Crippen molar-refractivity contribution in [3.05, 3.63) is 60.8 Å². The van der Waals surface area contributed by atoms with Crippen molar-refractivity contribution in [2.24, 2.45) is 0 Å². The Morgan fingerprint density at radius 1 is 0.593 bits per heavy atom. The van der Waals surface area contributed by atoms with E-state index in [0.29, 0.717) is 13.0 Å². The fourth-order valence-corrected chi connectivity index (χ4v) is 6.25. The second kappa shape index (κ2) is 40.8. The minimum Gasteiger partial charge on any atom is -0.457 e. The molecule has 0 aliphatic carbocycles. The summed E-state index contributed by atoms with van der Waals surface area (Å²) in [5.41, 5.74) is 0. The number of hydrogen-bond acceptors (Lipinski definition) is 8. The van der Waals surface area contributed by atoms with E-state index in [1.807, 2.05) is 0 Å². The molecule has 0 rings (SSSR count). The van der Waals surface area contributed by atoms with Crippen LogP contribution in [0.15, 0.2) is 60.8 Å². The molecular weight excluding hydrogens is 703 g/mol. The average molecular weight is 783 g/mol. The number of carbonyl (C=O) groups excluding carboxylic acids is 1. The highest BCUT2D eigenvalue weighted by atomic mass is 31.2. The molecule has 10 heteroatoms. The van der Waals surface area contributed by atoms with E-state index in [0.717, 1.165) is 77.0 Å². The zero-order valence-electron chi connectivity index (χ0n) is 34.2. The fourth-order valence-electron chi connectivity index (χ4n) is 5.46. The van der Waals surface area contributed by atoms with E-state index in [1.54, 1.807) is 0 Å². The monoisotopic (exact) mass is 783 g/mol. The maximum Gasteiger partial charge on any atom is 0.472 e. The summed E-state index contributed by atoms with van der Waals surface area (Å²) in [5, 5.41) is 18.3. The number of esters is 1. The van der Waals surface area contributed by atoms with E-state index < -0.39 is 39.2 Å². The lowest BCUT2D eigenvalue weighted by Crippen LogP contribution is -2.29. The third-order valence-electron chi connectivity index (χ3n) is 8.69. The van der Waals surface area contributed by atoms with Gasteiger partial charge in [0.15, 0.2) is 0 Å². The number of rotatable bonds is 40. The van der Waals surface area contributed by atoms with Crippen molar-refractivity contribution in [2.45, 2.75) is 180 Å². The number of hydrogen-bond donors (Lipinski definition) is 3. The van der Waals surface area contributed by atoms with Crippen LogP contribution >= 0.6 is 7.82 Å². The van der Waals surface area contributed by atoms with Crippen molar-refractivity contribution >= 4 is 13.8 Å². The molecule has 0 saturated carbocycles. The van der Waals surface area contributed by atoms with Crippen molar-refractivity contribution < 1.29 is 43.0 Å². The second-order valence-corrected chi connectivity index (χ2v) is 15.4. The standard InChI is InChI=1S/C44H79O9P/c1-3-5-7-9-11-13-15-17-19-21-22-24-26-28-30-32-34-36-44(47)53-43(41-52-54(48,49)51-39-42(46)38-45)40-50-37-35-33-31-29-27-25-23-20-18-16-14-12-10-8-6-4-2/h5,7,11-14,17-20,42-43,45-46H,3-4,6,8-10,15-16,21-41H2,1-2H3,(H,48,49)/b7-5-,13-11-,14-12-,19-17-,20-18-. The molecule has 0 aromatic carbocycles. The van der Waals surface area contributed by atoms with E-state index in [2.05, 4.69) is 74.6 Å². The van der Waals surface area contributed by atoms with E-state index in [4.69, 9.17) is 23.6 Å². The van der Waals surface area contributed by atoms with Crippen molar-refractivity contribution in [3.63, 3.8) is 0 Å². The van der Waals surface area contributed by atoms with Crippen LogP contribution in [0, 0.1) is 0 Å². The predicted octanol–water partition coefficient (Wildman–Crippen LogP) is 11.6. The van der Waals surface area contributed by atoms with Gasteiger partial charge in [0.2, 0.25) is 0 Å². The van der Waals surface area contributed by atoms with Crippen LogP contribution < -0.4 is 0 Å². The van der Waals surface area contributed by atoms with E-state index >= 15 is 0 Å². The zero-order valence-corrected chi connectivity index (χ0v) is 35.1. The Balaban J connectivity index is 4.23. The maximum absolute atomic E-state index is 12.6. The maximum atomic E-state index is 12.6. The van der Waals surface area contributed by atoms with Crippen LogP contribution in [0.5, 0.6) is 0 Å². The summed E-state index contributed by atoms with van der Waals surface area (Å²) in [4.78, 5) is 22.6. The Morgan fingerprint density at radius 2 is 1.06 bits per heavy atom. The van der Waals surface area contributed by atoms with Gasteiger partial charge in [-0.05, 0) is 77.0 Å². The Kier molecular flexibility index (Phi) is 39.4. The lowest BCUT2D eigenvalue weighted by atomic mass is 10.1. The molecule has 3 N–H and O–H groups in total. The molecule has 314 valence electrons. The molecule has 0 amide bonds. The summed E-state index contributed by atoms with van der Waals surface area (Å²) >= 11 is 0. The molecule has 0 aliphatic heterocycles. The molecular formula is C44H79O9P. The topological polar surface area (TPSA) is 132 Å². The van der Waals surface area contributed by atoms with Crippen LogP contribution in [-0.4, -0.2) is 66.3 Å². The van der Waals surface area contributed by atoms with Crippen molar-refractivity contribution in [3.8, 4) is 0 Å². The Hall–Kier alpha value is -1.84. The smallest absolute Gasteiger partial charge is 0.457 e. The van der Waals surface area contributed by atoms with Gasteiger partial charge >= 0.3 is 13.8 Å². The quantitative estimate of drug-likeness (QED) is 0.0240. The molecule has 54 heavy (non-hydrogen) atoms. The molecule has 0 radical (unpaired) electrons. The van der Waals surface area contributed by atoms with Gasteiger partial charge in [-0.2, -0.15) is 0 Å². The van der Waals surface area contributed by atoms with Crippen molar-refractivity contribution in [2.75, 3.05) is 33.0 Å². The summed E-state index contributed by atoms with van der Waals surface area (Å²) in [5.74, 6) is -0.399. The van der Waals surface area contributed by atoms with Gasteiger partial charge in [0.05, 0.1) is 26.4 Å². The van der Waals surface area contributed by atoms with Gasteiger partial charge in [0.1, 0.15) is 12.2 Å². The lowest BCUT2D eigenvalue weighted by molar-refractivity contribution is -0.154. The molecule has 0 spiro atoms. The molecule has 3 unspecified atom stereocenters. The van der Waals surface area contributed by atoms with E-state index in [-0.39, 0.29) is 19.6 Å². The molecule has 0 fully saturated rings. The Morgan fingerprint density at radius 3 is 1.59 bits per heavy atom. The largest absolute Gasteiger partial charge is 0.472 e. The number of aliphatic hydroxyl groups is 2. The average Bonchev–Trinajstić information content (AvgIpc) is 3.16. The van der Waals surface area contributed by atoms with E-state index in [1.165, 1.54) is 64.2 Å². The summed E-state index contributed by atoms with van der Waals surface area (Å²) in [6.07, 6.45) is 46.0. The van der Waals surface area contributed by atoms with Crippen LogP contribution in [0.1, 0.15) is 168 Å². The van der Waals surface area contributed by atoms with Crippen LogP contribution in [0.25, 0.3) is 0 Å². The fraction of sp³-hybridized carbons (Fsp3) is 0.750. The molecule has 0 aromatic heterocycles. The van der Waals surface area contributed by atoms with Crippen LogP contribution in [-0.2, 0) is 27.9 Å². The second-order valence-electron chi connectivity index (χ2n) is 14.0. The number of phosphoric ester groups is 1. The molecule has 0 saturated heterocycles. The SMILES string of the molecule is CC/C=C\C/C=C\C/C=C\CCCCCCCCCC(=O)OC(COCCCCCCCC/C=C\C/C=C\CCCCC)COP(=O)(O)OCC(O)CO. The van der Waals surface area contributed by atoms with Gasteiger partial charge in [-0.1, -0.05) is 145 Å². The number of ether oxygens (including phenoxy) is 2. The first-order valence-corrected chi connectivity index (χ1v) is 22.8. The third kappa shape index (κ3) is 39.8. The normalized spacial score (nSPS) is 14.7.